The molecule has 0 saturated carbocycles. The molecule has 0 saturated heterocycles. The first kappa shape index (κ1) is 18.8. The first-order valence-corrected chi connectivity index (χ1v) is 8.81. The predicted octanol–water partition coefficient (Wildman–Crippen LogP) is 2.39. The molecule has 0 bridgehead atoms. The van der Waals surface area contributed by atoms with Crippen LogP contribution in [0, 0.1) is 0 Å². The summed E-state index contributed by atoms with van der Waals surface area (Å²) in [6.45, 7) is 1.26. The summed E-state index contributed by atoms with van der Waals surface area (Å²) in [5, 5.41) is 8.50. The van der Waals surface area contributed by atoms with Crippen LogP contribution in [0.1, 0.15) is 57.8 Å². The quantitative estimate of drug-likeness (QED) is 0.380. The van der Waals surface area contributed by atoms with Gasteiger partial charge < -0.3 is 9.84 Å². The predicted molar refractivity (Wildman–Crippen MR) is 75.9 cm³/mol. The van der Waals surface area contributed by atoms with E-state index in [0.29, 0.717) is 13.0 Å². The fourth-order valence-corrected chi connectivity index (χ4v) is 2.46. The third-order valence-electron chi connectivity index (χ3n) is 2.93. The molecule has 0 rings (SSSR count). The molecule has 6 heteroatoms. The molecule has 0 spiro atoms. The van der Waals surface area contributed by atoms with Crippen molar-refractivity contribution in [2.75, 3.05) is 25.6 Å². The van der Waals surface area contributed by atoms with Crippen molar-refractivity contribution >= 4 is 10.1 Å². The van der Waals surface area contributed by atoms with E-state index in [9.17, 15) is 8.42 Å². The maximum atomic E-state index is 10.5. The van der Waals surface area contributed by atoms with Gasteiger partial charge in [0.25, 0.3) is 10.1 Å². The van der Waals surface area contributed by atoms with Gasteiger partial charge in [0.1, 0.15) is 0 Å². The van der Waals surface area contributed by atoms with Crippen molar-refractivity contribution < 1.29 is 22.8 Å². The highest BCUT2D eigenvalue weighted by molar-refractivity contribution is 7.85. The minimum Gasteiger partial charge on any atom is -0.394 e. The van der Waals surface area contributed by atoms with Crippen LogP contribution in [0.3, 0.4) is 0 Å². The Bertz CT molecular complexity index is 277. The lowest BCUT2D eigenvalue weighted by atomic mass is 10.1. The van der Waals surface area contributed by atoms with E-state index in [4.69, 9.17) is 14.4 Å². The van der Waals surface area contributed by atoms with Crippen molar-refractivity contribution in [2.24, 2.45) is 0 Å². The third-order valence-corrected chi connectivity index (χ3v) is 3.73. The van der Waals surface area contributed by atoms with Gasteiger partial charge in [0.05, 0.1) is 19.0 Å². The number of ether oxygens (including phenoxy) is 1. The number of hydrogen-bond donors (Lipinski definition) is 2. The summed E-state index contributed by atoms with van der Waals surface area (Å²) in [7, 11) is -3.77. The Morgan fingerprint density at radius 3 is 1.68 bits per heavy atom. The lowest BCUT2D eigenvalue weighted by molar-refractivity contribution is 0.0895. The summed E-state index contributed by atoms with van der Waals surface area (Å²) in [6.07, 6.45) is 9.40. The minimum atomic E-state index is -3.77. The number of aliphatic hydroxyl groups excluding tert-OH is 1. The second-order valence-electron chi connectivity index (χ2n) is 4.80. The van der Waals surface area contributed by atoms with Crippen LogP contribution in [0.5, 0.6) is 0 Å². The van der Waals surface area contributed by atoms with Crippen LogP contribution in [0.25, 0.3) is 0 Å². The molecule has 0 aliphatic heterocycles. The fraction of sp³-hybridized carbons (Fsp3) is 1.00. The lowest BCUT2D eigenvalue weighted by Crippen LogP contribution is -2.03. The van der Waals surface area contributed by atoms with E-state index in [2.05, 4.69) is 0 Å². The molecule has 2 N–H and O–H groups in total. The largest absolute Gasteiger partial charge is 0.394 e. The zero-order valence-corrected chi connectivity index (χ0v) is 12.5. The van der Waals surface area contributed by atoms with E-state index in [1.165, 1.54) is 19.3 Å². The molecule has 0 aromatic heterocycles. The molecule has 0 aliphatic carbocycles. The van der Waals surface area contributed by atoms with E-state index in [1.54, 1.807) is 0 Å². The van der Waals surface area contributed by atoms with Crippen LogP contribution in [-0.2, 0) is 14.9 Å². The van der Waals surface area contributed by atoms with Crippen molar-refractivity contribution in [3.05, 3.63) is 0 Å². The maximum Gasteiger partial charge on any atom is 0.264 e. The molecule has 0 heterocycles. The highest BCUT2D eigenvalue weighted by atomic mass is 32.2. The van der Waals surface area contributed by atoms with Gasteiger partial charge in [-0.2, -0.15) is 8.42 Å². The third kappa shape index (κ3) is 17.8. The summed E-state index contributed by atoms with van der Waals surface area (Å²) >= 11 is 0. The highest BCUT2D eigenvalue weighted by Gasteiger charge is 2.02. The average Bonchev–Trinajstić information content (AvgIpc) is 2.34. The first-order chi connectivity index (χ1) is 9.06. The number of unbranched alkanes of at least 4 members (excludes halogenated alkanes) is 8. The molecular weight excluding hydrogens is 268 g/mol. The molecule has 0 atom stereocenters. The van der Waals surface area contributed by atoms with Crippen molar-refractivity contribution in [3.63, 3.8) is 0 Å². The van der Waals surface area contributed by atoms with Crippen molar-refractivity contribution in [2.45, 2.75) is 57.8 Å². The topological polar surface area (TPSA) is 83.8 Å². The van der Waals surface area contributed by atoms with Crippen LogP contribution in [0.2, 0.25) is 0 Å². The van der Waals surface area contributed by atoms with Gasteiger partial charge in [-0.25, -0.2) is 0 Å². The van der Waals surface area contributed by atoms with E-state index < -0.39 is 10.1 Å². The van der Waals surface area contributed by atoms with Gasteiger partial charge in [0.15, 0.2) is 0 Å². The van der Waals surface area contributed by atoms with Crippen LogP contribution in [-0.4, -0.2) is 43.7 Å². The molecular formula is C13H28O5S. The second-order valence-corrected chi connectivity index (χ2v) is 6.38. The zero-order valence-electron chi connectivity index (χ0n) is 11.7. The maximum absolute atomic E-state index is 10.5. The van der Waals surface area contributed by atoms with Gasteiger partial charge in [-0.05, 0) is 12.8 Å². The molecule has 116 valence electrons. The summed E-state index contributed by atoms with van der Waals surface area (Å²) in [5.74, 6) is -0.110. The molecule has 0 aliphatic rings. The average molecular weight is 296 g/mol. The first-order valence-electron chi connectivity index (χ1n) is 7.20. The summed E-state index contributed by atoms with van der Waals surface area (Å²) in [5.41, 5.74) is 0. The number of aliphatic hydroxyl groups is 1. The Morgan fingerprint density at radius 1 is 0.737 bits per heavy atom. The van der Waals surface area contributed by atoms with E-state index in [1.807, 2.05) is 0 Å². The Kier molecular flexibility index (Phi) is 12.7. The highest BCUT2D eigenvalue weighted by Crippen LogP contribution is 2.10. The van der Waals surface area contributed by atoms with Gasteiger partial charge in [-0.1, -0.05) is 44.9 Å². The standard InChI is InChI=1S/C13H28O5S/c14-10-12-18-11-8-6-4-2-1-3-5-7-9-13-19(15,16)17/h14H,1-13H2,(H,15,16,17). The van der Waals surface area contributed by atoms with E-state index >= 15 is 0 Å². The second kappa shape index (κ2) is 12.8. The summed E-state index contributed by atoms with van der Waals surface area (Å²) < 4.78 is 34.6. The normalized spacial score (nSPS) is 11.9. The van der Waals surface area contributed by atoms with Crippen molar-refractivity contribution in [3.8, 4) is 0 Å². The van der Waals surface area contributed by atoms with E-state index in [-0.39, 0.29) is 12.4 Å². The van der Waals surface area contributed by atoms with Crippen molar-refractivity contribution in [1.29, 1.82) is 0 Å². The van der Waals surface area contributed by atoms with Gasteiger partial charge >= 0.3 is 0 Å². The smallest absolute Gasteiger partial charge is 0.264 e. The summed E-state index contributed by atoms with van der Waals surface area (Å²) in [6, 6.07) is 0. The molecule has 5 nitrogen and oxygen atoms in total. The Morgan fingerprint density at radius 2 is 1.21 bits per heavy atom. The molecule has 0 aromatic carbocycles. The molecule has 0 fully saturated rings. The molecule has 0 amide bonds. The number of hydrogen-bond acceptors (Lipinski definition) is 4. The zero-order chi connectivity index (χ0) is 14.4. The molecule has 0 radical (unpaired) electrons. The molecule has 0 aromatic rings. The van der Waals surface area contributed by atoms with Crippen molar-refractivity contribution in [1.82, 2.24) is 0 Å². The van der Waals surface area contributed by atoms with Crippen LogP contribution in [0.4, 0.5) is 0 Å². The molecule has 0 unspecified atom stereocenters. The Hall–Kier alpha value is -0.170. The number of rotatable bonds is 14. The molecule has 19 heavy (non-hydrogen) atoms. The summed E-state index contributed by atoms with van der Waals surface area (Å²) in [4.78, 5) is 0. The SMILES string of the molecule is O=S(=O)(O)CCCCCCCCCCCOCCO. The van der Waals surface area contributed by atoms with Gasteiger partial charge in [-0.15, -0.1) is 0 Å². The van der Waals surface area contributed by atoms with Gasteiger partial charge in [0.2, 0.25) is 0 Å². The van der Waals surface area contributed by atoms with Crippen LogP contribution in [0.15, 0.2) is 0 Å². The lowest BCUT2D eigenvalue weighted by Gasteiger charge is -2.03. The van der Waals surface area contributed by atoms with E-state index in [0.717, 1.165) is 38.7 Å². The van der Waals surface area contributed by atoms with Gasteiger partial charge in [-0.3, -0.25) is 4.55 Å². The monoisotopic (exact) mass is 296 g/mol. The fourth-order valence-electron chi connectivity index (χ4n) is 1.89. The van der Waals surface area contributed by atoms with Crippen LogP contribution < -0.4 is 0 Å². The Labute approximate surface area is 117 Å². The Balaban J connectivity index is 3.03. The van der Waals surface area contributed by atoms with Gasteiger partial charge in [0, 0.05) is 6.61 Å². The minimum absolute atomic E-state index is 0.0948. The van der Waals surface area contributed by atoms with Crippen LogP contribution >= 0.6 is 0 Å².